The molecule has 1 unspecified atom stereocenters. The molecule has 0 amide bonds. The van der Waals surface area contributed by atoms with Crippen molar-refractivity contribution in [2.24, 2.45) is 0 Å². The molecule has 0 bridgehead atoms. The van der Waals surface area contributed by atoms with Crippen LogP contribution in [0.2, 0.25) is 0 Å². The predicted octanol–water partition coefficient (Wildman–Crippen LogP) is 2.65. The van der Waals surface area contributed by atoms with Gasteiger partial charge in [0.05, 0.1) is 29.3 Å². The quantitative estimate of drug-likeness (QED) is 0.629. The maximum absolute atomic E-state index is 12.5. The zero-order valence-electron chi connectivity index (χ0n) is 12.0. The number of fused-ring (bicyclic) bond motifs is 1. The first kappa shape index (κ1) is 15.5. The minimum Gasteiger partial charge on any atom is -0.466 e. The number of aromatic nitrogens is 2. The molecule has 0 radical (unpaired) electrons. The highest BCUT2D eigenvalue weighted by Gasteiger charge is 2.15. The van der Waals surface area contributed by atoms with Crippen molar-refractivity contribution >= 4 is 28.5 Å². The lowest BCUT2D eigenvalue weighted by Gasteiger charge is -2.14. The van der Waals surface area contributed by atoms with Crippen LogP contribution in [0.15, 0.2) is 29.1 Å². The highest BCUT2D eigenvalue weighted by Crippen LogP contribution is 2.19. The number of esters is 1. The first-order valence-electron chi connectivity index (χ1n) is 6.83. The second kappa shape index (κ2) is 6.72. The van der Waals surface area contributed by atoms with Crippen molar-refractivity contribution < 1.29 is 9.53 Å². The summed E-state index contributed by atoms with van der Waals surface area (Å²) in [5, 5.41) is 0.0897. The maximum atomic E-state index is 12.5. The van der Waals surface area contributed by atoms with Gasteiger partial charge >= 0.3 is 5.97 Å². The standard InChI is InChI=1S/C15H17ClN2O3/c1-3-21-13(19)8-9-18-14(10(2)16)17-12-7-5-4-6-11(12)15(18)20/h4-7,10H,3,8-9H2,1-2H3. The number of carbonyl (C=O) groups excluding carboxylic acids is 1. The Kier molecular flexibility index (Phi) is 4.96. The van der Waals surface area contributed by atoms with Gasteiger partial charge in [-0.25, -0.2) is 4.98 Å². The summed E-state index contributed by atoms with van der Waals surface area (Å²) < 4.78 is 6.34. The highest BCUT2D eigenvalue weighted by atomic mass is 35.5. The van der Waals surface area contributed by atoms with Crippen LogP contribution in [0.1, 0.15) is 31.5 Å². The third kappa shape index (κ3) is 3.42. The van der Waals surface area contributed by atoms with Crippen LogP contribution in [0.25, 0.3) is 10.9 Å². The number of ether oxygens (including phenoxy) is 1. The molecule has 6 heteroatoms. The van der Waals surface area contributed by atoms with Gasteiger partial charge in [0.15, 0.2) is 0 Å². The number of alkyl halides is 1. The van der Waals surface area contributed by atoms with Gasteiger partial charge in [-0.05, 0) is 26.0 Å². The summed E-state index contributed by atoms with van der Waals surface area (Å²) >= 11 is 6.12. The summed E-state index contributed by atoms with van der Waals surface area (Å²) in [6.45, 7) is 4.03. The van der Waals surface area contributed by atoms with Crippen LogP contribution >= 0.6 is 11.6 Å². The van der Waals surface area contributed by atoms with E-state index < -0.39 is 5.38 Å². The fourth-order valence-corrected chi connectivity index (χ4v) is 2.31. The Balaban J connectivity index is 2.45. The average molecular weight is 309 g/mol. The van der Waals surface area contributed by atoms with Gasteiger partial charge in [0.1, 0.15) is 5.82 Å². The molecule has 112 valence electrons. The highest BCUT2D eigenvalue weighted by molar-refractivity contribution is 6.20. The van der Waals surface area contributed by atoms with Crippen LogP contribution < -0.4 is 5.56 Å². The van der Waals surface area contributed by atoms with E-state index in [0.717, 1.165) is 0 Å². The van der Waals surface area contributed by atoms with E-state index in [1.54, 1.807) is 32.0 Å². The molecule has 0 saturated carbocycles. The molecular weight excluding hydrogens is 292 g/mol. The maximum Gasteiger partial charge on any atom is 0.307 e. The van der Waals surface area contributed by atoms with Crippen molar-refractivity contribution in [3.05, 3.63) is 40.4 Å². The van der Waals surface area contributed by atoms with Crippen molar-refractivity contribution in [3.8, 4) is 0 Å². The number of hydrogen-bond donors (Lipinski definition) is 0. The molecule has 2 rings (SSSR count). The van der Waals surface area contributed by atoms with Gasteiger partial charge in [0.2, 0.25) is 0 Å². The Bertz CT molecular complexity index is 710. The first-order valence-corrected chi connectivity index (χ1v) is 7.27. The predicted molar refractivity (Wildman–Crippen MR) is 81.5 cm³/mol. The van der Waals surface area contributed by atoms with Crippen molar-refractivity contribution in [3.63, 3.8) is 0 Å². The van der Waals surface area contributed by atoms with E-state index in [4.69, 9.17) is 16.3 Å². The molecule has 0 spiro atoms. The molecule has 21 heavy (non-hydrogen) atoms. The summed E-state index contributed by atoms with van der Waals surface area (Å²) in [5.74, 6) is 0.121. The van der Waals surface area contributed by atoms with E-state index >= 15 is 0 Å². The molecule has 5 nitrogen and oxygen atoms in total. The number of halogens is 1. The summed E-state index contributed by atoms with van der Waals surface area (Å²) in [6, 6.07) is 7.09. The van der Waals surface area contributed by atoms with Crippen LogP contribution in [-0.2, 0) is 16.1 Å². The number of benzene rings is 1. The zero-order chi connectivity index (χ0) is 15.4. The van der Waals surface area contributed by atoms with E-state index in [9.17, 15) is 9.59 Å². The molecule has 0 aliphatic heterocycles. The van der Waals surface area contributed by atoms with Crippen molar-refractivity contribution in [1.82, 2.24) is 9.55 Å². The van der Waals surface area contributed by atoms with Gasteiger partial charge in [0, 0.05) is 6.54 Å². The van der Waals surface area contributed by atoms with Crippen LogP contribution in [0.3, 0.4) is 0 Å². The van der Waals surface area contributed by atoms with Crippen molar-refractivity contribution in [2.45, 2.75) is 32.2 Å². The molecule has 1 heterocycles. The number of carbonyl (C=O) groups is 1. The summed E-state index contributed by atoms with van der Waals surface area (Å²) in [5.41, 5.74) is 0.421. The first-order chi connectivity index (χ1) is 10.0. The van der Waals surface area contributed by atoms with Crippen LogP contribution in [0, 0.1) is 0 Å². The lowest BCUT2D eigenvalue weighted by Crippen LogP contribution is -2.27. The second-order valence-corrected chi connectivity index (χ2v) is 5.27. The molecule has 2 aromatic rings. The van der Waals surface area contributed by atoms with Crippen molar-refractivity contribution in [1.29, 1.82) is 0 Å². The van der Waals surface area contributed by atoms with Gasteiger partial charge in [0.25, 0.3) is 5.56 Å². The minimum absolute atomic E-state index is 0.115. The van der Waals surface area contributed by atoms with E-state index in [1.165, 1.54) is 4.57 Å². The summed E-state index contributed by atoms with van der Waals surface area (Å²) in [7, 11) is 0. The molecule has 0 aliphatic carbocycles. The monoisotopic (exact) mass is 308 g/mol. The van der Waals surface area contributed by atoms with E-state index in [1.807, 2.05) is 6.07 Å². The van der Waals surface area contributed by atoms with Gasteiger partial charge in [-0.15, -0.1) is 11.6 Å². The number of nitrogens with zero attached hydrogens (tertiary/aromatic N) is 2. The number of para-hydroxylation sites is 1. The van der Waals surface area contributed by atoms with Crippen LogP contribution in [-0.4, -0.2) is 22.1 Å². The van der Waals surface area contributed by atoms with Gasteiger partial charge in [-0.3, -0.25) is 14.2 Å². The fourth-order valence-electron chi connectivity index (χ4n) is 2.14. The Morgan fingerprint density at radius 2 is 2.14 bits per heavy atom. The fraction of sp³-hybridized carbons (Fsp3) is 0.400. The molecule has 0 N–H and O–H groups in total. The second-order valence-electron chi connectivity index (χ2n) is 4.61. The Morgan fingerprint density at radius 1 is 1.43 bits per heavy atom. The largest absolute Gasteiger partial charge is 0.466 e. The van der Waals surface area contributed by atoms with Gasteiger partial charge in [-0.2, -0.15) is 0 Å². The van der Waals surface area contributed by atoms with Crippen LogP contribution in [0.4, 0.5) is 0 Å². The molecule has 1 atom stereocenters. The van der Waals surface area contributed by atoms with E-state index in [-0.39, 0.29) is 24.5 Å². The van der Waals surface area contributed by atoms with E-state index in [2.05, 4.69) is 4.98 Å². The van der Waals surface area contributed by atoms with Crippen molar-refractivity contribution in [2.75, 3.05) is 6.61 Å². The third-order valence-corrected chi connectivity index (χ3v) is 3.29. The number of rotatable bonds is 5. The molecular formula is C15H17ClN2O3. The molecule has 0 fully saturated rings. The van der Waals surface area contributed by atoms with E-state index in [0.29, 0.717) is 23.3 Å². The summed E-state index contributed by atoms with van der Waals surface area (Å²) in [6.07, 6.45) is 0.115. The normalized spacial score (nSPS) is 12.3. The topological polar surface area (TPSA) is 61.2 Å². The average Bonchev–Trinajstić information content (AvgIpc) is 2.46. The lowest BCUT2D eigenvalue weighted by atomic mass is 10.2. The molecule has 1 aromatic carbocycles. The molecule has 1 aromatic heterocycles. The zero-order valence-corrected chi connectivity index (χ0v) is 12.8. The number of hydrogen-bond acceptors (Lipinski definition) is 4. The van der Waals surface area contributed by atoms with Crippen LogP contribution in [0.5, 0.6) is 0 Å². The summed E-state index contributed by atoms with van der Waals surface area (Å²) in [4.78, 5) is 28.5. The minimum atomic E-state index is -0.426. The third-order valence-electron chi connectivity index (χ3n) is 3.09. The smallest absolute Gasteiger partial charge is 0.307 e. The molecule has 0 saturated heterocycles. The van der Waals surface area contributed by atoms with Gasteiger partial charge < -0.3 is 4.74 Å². The molecule has 0 aliphatic rings. The Labute approximate surface area is 127 Å². The Morgan fingerprint density at radius 3 is 2.81 bits per heavy atom. The SMILES string of the molecule is CCOC(=O)CCn1c(C(C)Cl)nc2ccccc2c1=O. The Hall–Kier alpha value is -1.88. The van der Waals surface area contributed by atoms with Gasteiger partial charge in [-0.1, -0.05) is 12.1 Å². The lowest BCUT2D eigenvalue weighted by molar-refractivity contribution is -0.143.